The van der Waals surface area contributed by atoms with E-state index in [9.17, 15) is 4.79 Å². The second-order valence-electron chi connectivity index (χ2n) is 5.75. The fourth-order valence-electron chi connectivity index (χ4n) is 2.92. The molecule has 1 fully saturated rings. The highest BCUT2D eigenvalue weighted by molar-refractivity contribution is 5.81. The van der Waals surface area contributed by atoms with E-state index in [1.807, 2.05) is 4.68 Å². The van der Waals surface area contributed by atoms with Gasteiger partial charge < -0.3 is 5.73 Å². The molecule has 4 nitrogen and oxygen atoms in total. The molecule has 0 aromatic carbocycles. The summed E-state index contributed by atoms with van der Waals surface area (Å²) in [5.74, 6) is 0.308. The molecule has 0 spiro atoms. The summed E-state index contributed by atoms with van der Waals surface area (Å²) in [5.41, 5.74) is 8.06. The molecule has 0 aliphatic heterocycles. The van der Waals surface area contributed by atoms with Crippen LogP contribution in [0.25, 0.3) is 0 Å². The minimum Gasteiger partial charge on any atom is -0.330 e. The maximum Gasteiger partial charge on any atom is 0.139 e. The van der Waals surface area contributed by atoms with E-state index >= 15 is 0 Å². The number of rotatable bonds is 7. The third kappa shape index (κ3) is 3.06. The average Bonchev–Trinajstić information content (AvgIpc) is 2.76. The number of nitrogens with two attached hydrogens (primary N) is 1. The van der Waals surface area contributed by atoms with Gasteiger partial charge in [0, 0.05) is 25.1 Å². The van der Waals surface area contributed by atoms with Crippen molar-refractivity contribution in [3.63, 3.8) is 0 Å². The van der Waals surface area contributed by atoms with E-state index in [1.54, 1.807) is 0 Å². The summed E-state index contributed by atoms with van der Waals surface area (Å²) >= 11 is 0. The topological polar surface area (TPSA) is 60.9 Å². The van der Waals surface area contributed by atoms with Gasteiger partial charge in [0.25, 0.3) is 0 Å². The number of nitrogens with zero attached hydrogens (tertiary/aromatic N) is 2. The number of ketones is 1. The summed E-state index contributed by atoms with van der Waals surface area (Å²) in [4.78, 5) is 12.2. The molecule has 1 aliphatic rings. The summed E-state index contributed by atoms with van der Waals surface area (Å²) in [7, 11) is 0. The first kappa shape index (κ1) is 14.3. The molecule has 0 radical (unpaired) electrons. The van der Waals surface area contributed by atoms with Crippen LogP contribution in [0.2, 0.25) is 0 Å². The maximum atomic E-state index is 12.2. The number of aromatic nitrogens is 2. The molecule has 0 atom stereocenters. The molecular formula is C15H25N3O. The van der Waals surface area contributed by atoms with Crippen LogP contribution < -0.4 is 5.73 Å². The Labute approximate surface area is 115 Å². The van der Waals surface area contributed by atoms with Crippen molar-refractivity contribution < 1.29 is 4.79 Å². The van der Waals surface area contributed by atoms with Crippen LogP contribution in [0.1, 0.15) is 50.9 Å². The van der Waals surface area contributed by atoms with Crippen LogP contribution in [0.5, 0.6) is 0 Å². The van der Waals surface area contributed by atoms with Gasteiger partial charge in [0.05, 0.1) is 5.69 Å². The van der Waals surface area contributed by atoms with Gasteiger partial charge in [0.15, 0.2) is 0 Å². The predicted octanol–water partition coefficient (Wildman–Crippen LogP) is 2.10. The molecule has 0 saturated heterocycles. The largest absolute Gasteiger partial charge is 0.330 e. The first-order chi connectivity index (χ1) is 9.12. The summed E-state index contributed by atoms with van der Waals surface area (Å²) in [6.45, 7) is 5.62. The van der Waals surface area contributed by atoms with Gasteiger partial charge in [-0.2, -0.15) is 5.10 Å². The zero-order valence-electron chi connectivity index (χ0n) is 12.1. The zero-order valence-corrected chi connectivity index (χ0v) is 12.1. The van der Waals surface area contributed by atoms with Crippen molar-refractivity contribution in [1.29, 1.82) is 0 Å². The minimum absolute atomic E-state index is 0.113. The predicted molar refractivity (Wildman–Crippen MR) is 75.9 cm³/mol. The van der Waals surface area contributed by atoms with Gasteiger partial charge in [0.1, 0.15) is 5.78 Å². The molecule has 1 saturated carbocycles. The molecule has 1 aliphatic carbocycles. The van der Waals surface area contributed by atoms with Crippen molar-refractivity contribution in [1.82, 2.24) is 9.78 Å². The summed E-state index contributed by atoms with van der Waals surface area (Å²) in [6.07, 6.45) is 5.51. The van der Waals surface area contributed by atoms with E-state index in [1.165, 1.54) is 6.42 Å². The van der Waals surface area contributed by atoms with Gasteiger partial charge in [0.2, 0.25) is 0 Å². The van der Waals surface area contributed by atoms with Gasteiger partial charge in [-0.25, -0.2) is 0 Å². The minimum atomic E-state index is 0.113. The number of aryl methyl sites for hydroxylation is 2. The zero-order chi connectivity index (χ0) is 13.9. The molecule has 1 aromatic rings. The summed E-state index contributed by atoms with van der Waals surface area (Å²) in [6, 6.07) is 2.07. The molecule has 1 heterocycles. The lowest BCUT2D eigenvalue weighted by Gasteiger charge is -2.40. The molecule has 0 unspecified atom stereocenters. The third-order valence-electron chi connectivity index (χ3n) is 4.37. The van der Waals surface area contributed by atoms with Crippen molar-refractivity contribution in [3.05, 3.63) is 17.5 Å². The van der Waals surface area contributed by atoms with Crippen LogP contribution in [0, 0.1) is 5.41 Å². The van der Waals surface area contributed by atoms with Crippen LogP contribution in [0.15, 0.2) is 6.07 Å². The Hall–Kier alpha value is -1.16. The molecule has 106 valence electrons. The Morgan fingerprint density at radius 1 is 1.47 bits per heavy atom. The van der Waals surface area contributed by atoms with E-state index in [2.05, 4.69) is 25.0 Å². The summed E-state index contributed by atoms with van der Waals surface area (Å²) in [5, 5.41) is 4.49. The number of carbonyl (C=O) groups is 1. The number of hydrogen-bond acceptors (Lipinski definition) is 3. The van der Waals surface area contributed by atoms with Crippen molar-refractivity contribution in [2.45, 2.75) is 58.9 Å². The first-order valence-corrected chi connectivity index (χ1v) is 7.40. The van der Waals surface area contributed by atoms with Crippen LogP contribution in [0.3, 0.4) is 0 Å². The summed E-state index contributed by atoms with van der Waals surface area (Å²) < 4.78 is 1.95. The second kappa shape index (κ2) is 5.87. The third-order valence-corrected chi connectivity index (χ3v) is 4.37. The van der Waals surface area contributed by atoms with E-state index in [0.717, 1.165) is 37.2 Å². The van der Waals surface area contributed by atoms with Gasteiger partial charge in [-0.15, -0.1) is 0 Å². The fraction of sp³-hybridized carbons (Fsp3) is 0.733. The van der Waals surface area contributed by atoms with E-state index < -0.39 is 0 Å². The maximum absolute atomic E-state index is 12.2. The highest BCUT2D eigenvalue weighted by Gasteiger charge is 2.37. The Morgan fingerprint density at radius 3 is 2.68 bits per heavy atom. The molecule has 2 N–H and O–H groups in total. The standard InChI is InChI=1S/C15H25N3O/c1-3-12-8-13(18(4-2)17-12)9-14(19)10-15(11-16)6-5-7-15/h8H,3-7,9-11,16H2,1-2H3. The number of Topliss-reactive ketones (excluding diaryl/α,β-unsaturated/α-hetero) is 1. The van der Waals surface area contributed by atoms with Crippen molar-refractivity contribution in [2.24, 2.45) is 11.1 Å². The van der Waals surface area contributed by atoms with Crippen molar-refractivity contribution >= 4 is 5.78 Å². The smallest absolute Gasteiger partial charge is 0.139 e. The van der Waals surface area contributed by atoms with E-state index in [4.69, 9.17) is 5.73 Å². The lowest BCUT2D eigenvalue weighted by molar-refractivity contribution is -0.122. The van der Waals surface area contributed by atoms with Gasteiger partial charge >= 0.3 is 0 Å². The van der Waals surface area contributed by atoms with Gasteiger partial charge in [-0.3, -0.25) is 9.48 Å². The molecule has 0 bridgehead atoms. The van der Waals surface area contributed by atoms with Gasteiger partial charge in [-0.05, 0) is 44.2 Å². The van der Waals surface area contributed by atoms with Crippen LogP contribution in [0.4, 0.5) is 0 Å². The fourth-order valence-corrected chi connectivity index (χ4v) is 2.92. The normalized spacial score (nSPS) is 17.2. The molecule has 2 rings (SSSR count). The Kier molecular flexibility index (Phi) is 4.40. The number of carbonyl (C=O) groups excluding carboxylic acids is 1. The monoisotopic (exact) mass is 263 g/mol. The Morgan fingerprint density at radius 2 is 2.21 bits per heavy atom. The molecule has 4 heteroatoms. The van der Waals surface area contributed by atoms with Crippen LogP contribution in [-0.2, 0) is 24.2 Å². The highest BCUT2D eigenvalue weighted by atomic mass is 16.1. The van der Waals surface area contributed by atoms with Crippen LogP contribution >= 0.6 is 0 Å². The lowest BCUT2D eigenvalue weighted by Crippen LogP contribution is -2.39. The van der Waals surface area contributed by atoms with E-state index in [0.29, 0.717) is 25.2 Å². The average molecular weight is 263 g/mol. The quantitative estimate of drug-likeness (QED) is 0.819. The molecule has 19 heavy (non-hydrogen) atoms. The van der Waals surface area contributed by atoms with Crippen molar-refractivity contribution in [2.75, 3.05) is 6.54 Å². The SMILES string of the molecule is CCc1cc(CC(=O)CC2(CN)CCC2)n(CC)n1. The van der Waals surface area contributed by atoms with E-state index in [-0.39, 0.29) is 5.41 Å². The van der Waals surface area contributed by atoms with Gasteiger partial charge in [-0.1, -0.05) is 13.3 Å². The highest BCUT2D eigenvalue weighted by Crippen LogP contribution is 2.43. The first-order valence-electron chi connectivity index (χ1n) is 7.40. The second-order valence-corrected chi connectivity index (χ2v) is 5.75. The Bertz CT molecular complexity index is 441. The lowest BCUT2D eigenvalue weighted by atomic mass is 9.66. The molecule has 1 aromatic heterocycles. The molecular weight excluding hydrogens is 238 g/mol. The van der Waals surface area contributed by atoms with Crippen molar-refractivity contribution in [3.8, 4) is 0 Å². The van der Waals surface area contributed by atoms with Crippen LogP contribution in [-0.4, -0.2) is 22.1 Å². The molecule has 0 amide bonds. The number of hydrogen-bond donors (Lipinski definition) is 1. The Balaban J connectivity index is 2.00.